The van der Waals surface area contributed by atoms with E-state index < -0.39 is 11.8 Å². The van der Waals surface area contributed by atoms with E-state index >= 15 is 0 Å². The molecule has 0 bridgehead atoms. The van der Waals surface area contributed by atoms with Crippen molar-refractivity contribution in [3.8, 4) is 24.3 Å². The topological polar surface area (TPSA) is 121 Å². The molecule has 0 saturated carbocycles. The number of hydrogen-bond donors (Lipinski definition) is 1. The number of nitrogens with two attached hydrogens (primary N) is 1. The monoisotopic (exact) mass is 373 g/mol. The predicted molar refractivity (Wildman–Crippen MR) is 109 cm³/mol. The Kier molecular flexibility index (Phi) is 5.56. The third-order valence-corrected chi connectivity index (χ3v) is 4.87. The average Bonchev–Trinajstić information content (AvgIpc) is 3.05. The maximum Gasteiger partial charge on any atom is 0.0964 e. The smallest absolute Gasteiger partial charge is 0.0964 e. The molecular weight excluding hydrogens is 358 g/mol. The van der Waals surface area contributed by atoms with E-state index in [9.17, 15) is 21.0 Å². The summed E-state index contributed by atoms with van der Waals surface area (Å²) in [7, 11) is 0. The number of benzene rings is 2. The van der Waals surface area contributed by atoms with Gasteiger partial charge in [-0.2, -0.15) is 21.0 Å². The molecule has 2 aromatic carbocycles. The van der Waals surface area contributed by atoms with Gasteiger partial charge in [-0.3, -0.25) is 0 Å². The van der Waals surface area contributed by atoms with Gasteiger partial charge >= 0.3 is 0 Å². The van der Waals surface area contributed by atoms with Gasteiger partial charge in [0.2, 0.25) is 0 Å². The maximum atomic E-state index is 9.70. The minimum atomic E-state index is -0.478. The largest absolute Gasteiger partial charge is 0.399 e. The molecule has 0 saturated heterocycles. The van der Waals surface area contributed by atoms with Gasteiger partial charge in [0.15, 0.2) is 0 Å². The average molecular weight is 373 g/mol. The van der Waals surface area contributed by atoms with E-state index in [1.54, 1.807) is 12.1 Å². The van der Waals surface area contributed by atoms with Gasteiger partial charge in [0, 0.05) is 29.7 Å². The van der Waals surface area contributed by atoms with Crippen molar-refractivity contribution in [3.05, 3.63) is 94.1 Å². The lowest BCUT2D eigenvalue weighted by Crippen LogP contribution is -2.04. The highest BCUT2D eigenvalue weighted by Gasteiger charge is 2.39. The van der Waals surface area contributed by atoms with Gasteiger partial charge in [0.1, 0.15) is 0 Å². The zero-order valence-electron chi connectivity index (χ0n) is 15.4. The quantitative estimate of drug-likeness (QED) is 0.628. The van der Waals surface area contributed by atoms with E-state index in [0.29, 0.717) is 16.8 Å². The van der Waals surface area contributed by atoms with Crippen LogP contribution < -0.4 is 5.73 Å². The normalized spacial score (nSPS) is 18.0. The second-order valence-electron chi connectivity index (χ2n) is 6.49. The second kappa shape index (κ2) is 8.41. The van der Waals surface area contributed by atoms with Crippen LogP contribution >= 0.6 is 0 Å². The van der Waals surface area contributed by atoms with Crippen molar-refractivity contribution in [1.29, 1.82) is 21.0 Å². The number of anilines is 1. The molecule has 2 aromatic rings. The summed E-state index contributed by atoms with van der Waals surface area (Å²) in [6.45, 7) is 0. The van der Waals surface area contributed by atoms with E-state index in [-0.39, 0.29) is 0 Å². The van der Waals surface area contributed by atoms with Crippen LogP contribution in [-0.4, -0.2) is 0 Å². The molecule has 2 atom stereocenters. The van der Waals surface area contributed by atoms with Crippen LogP contribution in [0.5, 0.6) is 0 Å². The summed E-state index contributed by atoms with van der Waals surface area (Å²) in [6, 6.07) is 22.9. The van der Waals surface area contributed by atoms with Crippen LogP contribution in [0.1, 0.15) is 28.5 Å². The van der Waals surface area contributed by atoms with Gasteiger partial charge < -0.3 is 5.73 Å². The molecule has 0 heterocycles. The minimum Gasteiger partial charge on any atom is -0.399 e. The third kappa shape index (κ3) is 3.63. The van der Waals surface area contributed by atoms with Gasteiger partial charge in [-0.15, -0.1) is 0 Å². The predicted octanol–water partition coefficient (Wildman–Crippen LogP) is 4.48. The summed E-state index contributed by atoms with van der Waals surface area (Å²) in [5.41, 5.74) is 10.3. The molecule has 2 N–H and O–H groups in total. The molecule has 1 aliphatic rings. The molecule has 1 aliphatic carbocycles. The highest BCUT2D eigenvalue weighted by molar-refractivity contribution is 5.71. The maximum absolute atomic E-state index is 9.70. The Morgan fingerprint density at radius 2 is 1.24 bits per heavy atom. The van der Waals surface area contributed by atoms with Gasteiger partial charge in [-0.25, -0.2) is 0 Å². The van der Waals surface area contributed by atoms with E-state index in [1.807, 2.05) is 54.6 Å². The molecule has 3 rings (SSSR count). The SMILES string of the molecule is N#CC=C(C#N)C1C(=Cc2ccc(N)cc2)C(C(C#N)=CC#N)c2ccccc21. The Morgan fingerprint density at radius 3 is 1.66 bits per heavy atom. The molecule has 0 aromatic heterocycles. The number of allylic oxidation sites excluding steroid dienone is 5. The lowest BCUT2D eigenvalue weighted by molar-refractivity contribution is 0.925. The molecule has 2 unspecified atom stereocenters. The highest BCUT2D eigenvalue weighted by atomic mass is 14.5. The van der Waals surface area contributed by atoms with Crippen LogP contribution in [0.4, 0.5) is 5.69 Å². The van der Waals surface area contributed by atoms with Crippen molar-refractivity contribution in [2.45, 2.75) is 11.8 Å². The van der Waals surface area contributed by atoms with Crippen molar-refractivity contribution >= 4 is 11.8 Å². The van der Waals surface area contributed by atoms with Gasteiger partial charge in [-0.05, 0) is 34.4 Å². The Morgan fingerprint density at radius 1 is 0.759 bits per heavy atom. The van der Waals surface area contributed by atoms with Crippen LogP contribution in [-0.2, 0) is 0 Å². The highest BCUT2D eigenvalue weighted by Crippen LogP contribution is 2.52. The fraction of sp³-hybridized carbons (Fsp3) is 0.0833. The van der Waals surface area contributed by atoms with Gasteiger partial charge in [0.25, 0.3) is 0 Å². The van der Waals surface area contributed by atoms with Gasteiger partial charge in [0.05, 0.1) is 35.4 Å². The zero-order chi connectivity index (χ0) is 20.8. The summed E-state index contributed by atoms with van der Waals surface area (Å²) in [5.74, 6) is -0.956. The molecule has 136 valence electrons. The molecule has 0 amide bonds. The van der Waals surface area contributed by atoms with E-state index in [1.165, 1.54) is 12.2 Å². The van der Waals surface area contributed by atoms with Crippen LogP contribution in [0.15, 0.2) is 77.4 Å². The Labute approximate surface area is 169 Å². The number of nitrogens with zero attached hydrogens (tertiary/aromatic N) is 4. The molecular formula is C24H15N5. The fourth-order valence-electron chi connectivity index (χ4n) is 3.71. The van der Waals surface area contributed by atoms with Crippen LogP contribution in [0.3, 0.4) is 0 Å². The van der Waals surface area contributed by atoms with E-state index in [0.717, 1.165) is 22.3 Å². The standard InChI is InChI=1S/C24H15N5/c25-11-9-17(14-27)23-20-3-1-2-4-21(20)24(18(15-28)10-12-26)22(23)13-16-5-7-19(29)8-6-16/h1-10,13,23-24H,29H2. The lowest BCUT2D eigenvalue weighted by Gasteiger charge is -2.17. The lowest BCUT2D eigenvalue weighted by atomic mass is 9.84. The summed E-state index contributed by atoms with van der Waals surface area (Å²) in [4.78, 5) is 0. The Bertz CT molecular complexity index is 1130. The number of rotatable bonds is 3. The van der Waals surface area contributed by atoms with E-state index in [4.69, 9.17) is 5.73 Å². The molecule has 0 radical (unpaired) electrons. The first-order chi connectivity index (χ1) is 14.1. The van der Waals surface area contributed by atoms with Crippen molar-refractivity contribution in [2.75, 3.05) is 5.73 Å². The number of hydrogen-bond acceptors (Lipinski definition) is 5. The first kappa shape index (κ1) is 19.2. The fourth-order valence-corrected chi connectivity index (χ4v) is 3.71. The van der Waals surface area contributed by atoms with Crippen molar-refractivity contribution in [3.63, 3.8) is 0 Å². The molecule has 5 heteroatoms. The van der Waals surface area contributed by atoms with Crippen molar-refractivity contribution in [1.82, 2.24) is 0 Å². The minimum absolute atomic E-state index is 0.290. The molecule has 0 spiro atoms. The second-order valence-corrected chi connectivity index (χ2v) is 6.49. The number of nitriles is 4. The van der Waals surface area contributed by atoms with Crippen LogP contribution in [0.2, 0.25) is 0 Å². The van der Waals surface area contributed by atoms with Crippen molar-refractivity contribution < 1.29 is 0 Å². The molecule has 29 heavy (non-hydrogen) atoms. The molecule has 5 nitrogen and oxygen atoms in total. The summed E-state index contributed by atoms with van der Waals surface area (Å²) >= 11 is 0. The summed E-state index contributed by atoms with van der Waals surface area (Å²) in [5, 5.41) is 37.7. The number of fused-ring (bicyclic) bond motifs is 1. The third-order valence-electron chi connectivity index (χ3n) is 4.87. The Hall–Kier alpha value is -4.58. The molecule has 0 aliphatic heterocycles. The molecule has 0 fully saturated rings. The zero-order valence-corrected chi connectivity index (χ0v) is 15.4. The first-order valence-electron chi connectivity index (χ1n) is 8.80. The summed E-state index contributed by atoms with van der Waals surface area (Å²) < 4.78 is 0. The first-order valence-corrected chi connectivity index (χ1v) is 8.80. The van der Waals surface area contributed by atoms with Crippen molar-refractivity contribution in [2.24, 2.45) is 0 Å². The number of nitrogen functional groups attached to an aromatic ring is 1. The summed E-state index contributed by atoms with van der Waals surface area (Å²) in [6.07, 6.45) is 4.38. The van der Waals surface area contributed by atoms with E-state index in [2.05, 4.69) is 12.1 Å². The van der Waals surface area contributed by atoms with Gasteiger partial charge in [-0.1, -0.05) is 42.5 Å². The van der Waals surface area contributed by atoms with Crippen LogP contribution in [0, 0.1) is 45.3 Å². The van der Waals surface area contributed by atoms with Crippen LogP contribution in [0.25, 0.3) is 6.08 Å². The Balaban J connectivity index is 2.33.